The molecule has 0 saturated carbocycles. The van der Waals surface area contributed by atoms with E-state index in [4.69, 9.17) is 0 Å². The lowest BCUT2D eigenvalue weighted by molar-refractivity contribution is 0.0952. The maximum Gasteiger partial charge on any atom is 0.255 e. The minimum absolute atomic E-state index is 0.0288. The Kier molecular flexibility index (Phi) is 6.89. The summed E-state index contributed by atoms with van der Waals surface area (Å²) in [4.78, 5) is 13.1. The van der Waals surface area contributed by atoms with Gasteiger partial charge in [-0.15, -0.1) is 0 Å². The lowest BCUT2D eigenvalue weighted by atomic mass is 9.90. The highest BCUT2D eigenvalue weighted by atomic mass is 32.2. The average molecular weight is 503 g/mol. The van der Waals surface area contributed by atoms with Crippen molar-refractivity contribution in [2.75, 3.05) is 13.1 Å². The van der Waals surface area contributed by atoms with Crippen LogP contribution in [0.15, 0.2) is 79.0 Å². The minimum Gasteiger partial charge on any atom is -0.348 e. The van der Waals surface area contributed by atoms with Gasteiger partial charge in [0.05, 0.1) is 22.5 Å². The number of carbonyl (C=O) groups is 1. The molecule has 0 atom stereocenters. The first-order valence-corrected chi connectivity index (χ1v) is 13.8. The highest BCUT2D eigenvalue weighted by molar-refractivity contribution is 7.88. The number of nitrogens with zero attached hydrogens (tertiary/aromatic N) is 3. The molecule has 186 valence electrons. The van der Waals surface area contributed by atoms with Crippen LogP contribution < -0.4 is 5.32 Å². The maximum atomic E-state index is 13.1. The van der Waals surface area contributed by atoms with Gasteiger partial charge in [-0.3, -0.25) is 4.79 Å². The molecule has 1 fully saturated rings. The second-order valence-corrected chi connectivity index (χ2v) is 11.3. The Hall–Kier alpha value is -3.49. The van der Waals surface area contributed by atoms with Crippen LogP contribution in [0.4, 0.5) is 0 Å². The molecular weight excluding hydrogens is 472 g/mol. The summed E-state index contributed by atoms with van der Waals surface area (Å²) < 4.78 is 29.2. The summed E-state index contributed by atoms with van der Waals surface area (Å²) in [5, 5.41) is 7.54. The van der Waals surface area contributed by atoms with Crippen LogP contribution in [-0.4, -0.2) is 41.3 Å². The van der Waals surface area contributed by atoms with Gasteiger partial charge in [0, 0.05) is 25.8 Å². The Balaban J connectivity index is 1.29. The number of rotatable bonds is 7. The number of aromatic nitrogens is 2. The van der Waals surface area contributed by atoms with Crippen molar-refractivity contribution in [2.45, 2.75) is 38.0 Å². The van der Waals surface area contributed by atoms with Crippen molar-refractivity contribution in [3.8, 4) is 0 Å². The summed E-state index contributed by atoms with van der Waals surface area (Å²) in [5.41, 5.74) is 4.98. The SMILES string of the molecule is Cc1nn2ccc(C3CCN(S(=O)(=O)Cc4ccccc4)CC3)cc2c1C(=O)NCc1ccccc1. The summed E-state index contributed by atoms with van der Waals surface area (Å²) in [7, 11) is -3.35. The third-order valence-electron chi connectivity index (χ3n) is 6.87. The zero-order valence-electron chi connectivity index (χ0n) is 20.3. The summed E-state index contributed by atoms with van der Waals surface area (Å²) >= 11 is 0. The highest BCUT2D eigenvalue weighted by Crippen LogP contribution is 2.31. The third-order valence-corrected chi connectivity index (χ3v) is 8.72. The number of nitrogens with one attached hydrogen (secondary N) is 1. The van der Waals surface area contributed by atoms with E-state index in [0.717, 1.165) is 35.0 Å². The highest BCUT2D eigenvalue weighted by Gasteiger charge is 2.29. The number of hydrogen-bond donors (Lipinski definition) is 1. The van der Waals surface area contributed by atoms with E-state index in [1.54, 1.807) is 8.82 Å². The smallest absolute Gasteiger partial charge is 0.255 e. The molecule has 2 aromatic heterocycles. The van der Waals surface area contributed by atoms with Gasteiger partial charge < -0.3 is 5.32 Å². The van der Waals surface area contributed by atoms with Crippen LogP contribution in [0.3, 0.4) is 0 Å². The number of sulfonamides is 1. The normalized spacial score (nSPS) is 15.2. The molecule has 2 aromatic carbocycles. The summed E-state index contributed by atoms with van der Waals surface area (Å²) in [6, 6.07) is 23.2. The summed E-state index contributed by atoms with van der Waals surface area (Å²) in [6.45, 7) is 3.29. The minimum atomic E-state index is -3.35. The van der Waals surface area contributed by atoms with Crippen LogP contribution >= 0.6 is 0 Å². The molecule has 0 radical (unpaired) electrons. The van der Waals surface area contributed by atoms with Gasteiger partial charge in [0.25, 0.3) is 5.91 Å². The van der Waals surface area contributed by atoms with Crippen molar-refractivity contribution in [3.05, 3.63) is 107 Å². The number of piperidine rings is 1. The molecule has 3 heterocycles. The number of aryl methyl sites for hydroxylation is 1. The molecule has 1 aliphatic rings. The Morgan fingerprint density at radius 2 is 1.61 bits per heavy atom. The Labute approximate surface area is 211 Å². The number of benzene rings is 2. The number of amides is 1. The van der Waals surface area contributed by atoms with E-state index in [1.165, 1.54) is 0 Å². The van der Waals surface area contributed by atoms with E-state index < -0.39 is 10.0 Å². The Morgan fingerprint density at radius 3 is 2.28 bits per heavy atom. The van der Waals surface area contributed by atoms with Gasteiger partial charge in [-0.1, -0.05) is 60.7 Å². The van der Waals surface area contributed by atoms with Gasteiger partial charge in [-0.25, -0.2) is 17.2 Å². The van der Waals surface area contributed by atoms with Gasteiger partial charge in [0.2, 0.25) is 10.0 Å². The van der Waals surface area contributed by atoms with E-state index in [9.17, 15) is 13.2 Å². The van der Waals surface area contributed by atoms with E-state index in [2.05, 4.69) is 10.4 Å². The molecule has 1 aliphatic heterocycles. The molecular formula is C28H30N4O3S. The van der Waals surface area contributed by atoms with E-state index in [1.807, 2.05) is 85.9 Å². The molecule has 36 heavy (non-hydrogen) atoms. The van der Waals surface area contributed by atoms with Crippen LogP contribution in [-0.2, 0) is 22.3 Å². The van der Waals surface area contributed by atoms with Gasteiger partial charge in [-0.05, 0) is 54.5 Å². The fourth-order valence-corrected chi connectivity index (χ4v) is 6.49. The summed E-state index contributed by atoms with van der Waals surface area (Å²) in [5.74, 6) is 0.111. The molecule has 5 rings (SSSR count). The van der Waals surface area contributed by atoms with Crippen LogP contribution in [0.2, 0.25) is 0 Å². The molecule has 8 heteroatoms. The Morgan fingerprint density at radius 1 is 0.972 bits per heavy atom. The molecule has 1 saturated heterocycles. The van der Waals surface area contributed by atoms with Crippen molar-refractivity contribution in [1.82, 2.24) is 19.2 Å². The van der Waals surface area contributed by atoms with E-state index in [0.29, 0.717) is 30.9 Å². The van der Waals surface area contributed by atoms with Crippen molar-refractivity contribution in [3.63, 3.8) is 0 Å². The fourth-order valence-electron chi connectivity index (χ4n) is 4.92. The van der Waals surface area contributed by atoms with Gasteiger partial charge in [-0.2, -0.15) is 5.10 Å². The second kappa shape index (κ2) is 10.2. The van der Waals surface area contributed by atoms with Crippen molar-refractivity contribution < 1.29 is 13.2 Å². The average Bonchev–Trinajstić information content (AvgIpc) is 3.23. The zero-order chi connectivity index (χ0) is 25.1. The standard InChI is InChI=1S/C28H30N4O3S/c1-21-27(28(33)29-19-22-8-4-2-5-9-22)26-18-25(14-17-32(26)30-21)24-12-15-31(16-13-24)36(34,35)20-23-10-6-3-7-11-23/h2-11,14,17-18,24H,12-13,15-16,19-20H2,1H3,(H,29,33). The third kappa shape index (κ3) is 5.20. The number of fused-ring (bicyclic) bond motifs is 1. The van der Waals surface area contributed by atoms with Crippen molar-refractivity contribution in [1.29, 1.82) is 0 Å². The largest absolute Gasteiger partial charge is 0.348 e. The second-order valence-electron chi connectivity index (χ2n) is 9.33. The van der Waals surface area contributed by atoms with Crippen LogP contribution in [0.1, 0.15) is 51.5 Å². The lowest BCUT2D eigenvalue weighted by Crippen LogP contribution is -2.38. The maximum absolute atomic E-state index is 13.1. The molecule has 1 amide bonds. The molecule has 4 aromatic rings. The quantitative estimate of drug-likeness (QED) is 0.409. The lowest BCUT2D eigenvalue weighted by Gasteiger charge is -2.31. The monoisotopic (exact) mass is 502 g/mol. The molecule has 0 unspecified atom stereocenters. The van der Waals surface area contributed by atoms with E-state index in [-0.39, 0.29) is 17.6 Å². The molecule has 0 aliphatic carbocycles. The molecule has 0 bridgehead atoms. The van der Waals surface area contributed by atoms with Gasteiger partial charge >= 0.3 is 0 Å². The van der Waals surface area contributed by atoms with Crippen LogP contribution in [0, 0.1) is 6.92 Å². The predicted octanol–water partition coefficient (Wildman–Crippen LogP) is 4.28. The van der Waals surface area contributed by atoms with Gasteiger partial charge in [0.15, 0.2) is 0 Å². The zero-order valence-corrected chi connectivity index (χ0v) is 21.1. The number of hydrogen-bond acceptors (Lipinski definition) is 4. The first-order valence-electron chi connectivity index (χ1n) is 12.2. The van der Waals surface area contributed by atoms with Gasteiger partial charge in [0.1, 0.15) is 0 Å². The number of carbonyl (C=O) groups excluding carboxylic acids is 1. The Bertz CT molecular complexity index is 1460. The molecule has 7 nitrogen and oxygen atoms in total. The predicted molar refractivity (Wildman–Crippen MR) is 140 cm³/mol. The van der Waals surface area contributed by atoms with Crippen molar-refractivity contribution >= 4 is 21.4 Å². The fraction of sp³-hybridized carbons (Fsp3) is 0.286. The van der Waals surface area contributed by atoms with Crippen LogP contribution in [0.5, 0.6) is 0 Å². The topological polar surface area (TPSA) is 83.8 Å². The van der Waals surface area contributed by atoms with Crippen LogP contribution in [0.25, 0.3) is 5.52 Å². The first kappa shape index (κ1) is 24.2. The molecule has 1 N–H and O–H groups in total. The van der Waals surface area contributed by atoms with E-state index >= 15 is 0 Å². The first-order chi connectivity index (χ1) is 17.4. The molecule has 0 spiro atoms. The summed E-state index contributed by atoms with van der Waals surface area (Å²) in [6.07, 6.45) is 3.38. The van der Waals surface area contributed by atoms with Crippen molar-refractivity contribution in [2.24, 2.45) is 0 Å². The number of pyridine rings is 1.